The molecule has 0 N–H and O–H groups in total. The van der Waals surface area contributed by atoms with Crippen molar-refractivity contribution in [3.63, 3.8) is 0 Å². The molecule has 0 aromatic heterocycles. The van der Waals surface area contributed by atoms with Gasteiger partial charge in [0.2, 0.25) is 0 Å². The molecule has 1 heteroatoms. The predicted octanol–water partition coefficient (Wildman–Crippen LogP) is 4.24. The zero-order valence-corrected chi connectivity index (χ0v) is 11.2. The van der Waals surface area contributed by atoms with Gasteiger partial charge in [-0.25, -0.2) is 0 Å². The lowest BCUT2D eigenvalue weighted by Crippen LogP contribution is -2.22. The van der Waals surface area contributed by atoms with E-state index in [0.29, 0.717) is 5.92 Å². The second kappa shape index (κ2) is 5.00. The molecule has 2 aromatic rings. The lowest BCUT2D eigenvalue weighted by Gasteiger charge is -2.31. The molecule has 1 aliphatic carbocycles. The topological polar surface area (TPSA) is 17.1 Å². The van der Waals surface area contributed by atoms with Gasteiger partial charge in [0.1, 0.15) is 0 Å². The van der Waals surface area contributed by atoms with Gasteiger partial charge in [0.25, 0.3) is 0 Å². The molecule has 2 unspecified atom stereocenters. The summed E-state index contributed by atoms with van der Waals surface area (Å²) in [4.78, 5) is 12.3. The second-order valence-corrected chi connectivity index (χ2v) is 5.47. The van der Waals surface area contributed by atoms with Crippen LogP contribution in [-0.4, -0.2) is 5.78 Å². The molecule has 0 heterocycles. The van der Waals surface area contributed by atoms with Gasteiger partial charge in [-0.05, 0) is 29.9 Å². The van der Waals surface area contributed by atoms with Gasteiger partial charge < -0.3 is 0 Å². The molecule has 0 saturated carbocycles. The van der Waals surface area contributed by atoms with E-state index in [9.17, 15) is 4.79 Å². The summed E-state index contributed by atoms with van der Waals surface area (Å²) in [6.45, 7) is 2.05. The Bertz CT molecular complexity index is 586. The fraction of sp³-hybridized carbons (Fsp3) is 0.278. The molecule has 2 atom stereocenters. The lowest BCUT2D eigenvalue weighted by atomic mass is 9.72. The SMILES string of the molecule is CC(CC1Cc2ccccc21)C(=O)c1ccccc1. The van der Waals surface area contributed by atoms with E-state index in [2.05, 4.69) is 31.2 Å². The van der Waals surface area contributed by atoms with Crippen molar-refractivity contribution in [2.24, 2.45) is 5.92 Å². The van der Waals surface area contributed by atoms with Crippen molar-refractivity contribution in [2.75, 3.05) is 0 Å². The standard InChI is InChI=1S/C18H18O/c1-13(18(19)14-7-3-2-4-8-14)11-16-12-15-9-5-6-10-17(15)16/h2-10,13,16H,11-12H2,1H3. The Morgan fingerprint density at radius 2 is 1.79 bits per heavy atom. The second-order valence-electron chi connectivity index (χ2n) is 5.47. The largest absolute Gasteiger partial charge is 0.294 e. The Labute approximate surface area is 114 Å². The van der Waals surface area contributed by atoms with E-state index >= 15 is 0 Å². The number of ketones is 1. The Hall–Kier alpha value is -1.89. The van der Waals surface area contributed by atoms with E-state index in [1.54, 1.807) is 0 Å². The van der Waals surface area contributed by atoms with E-state index in [-0.39, 0.29) is 11.7 Å². The van der Waals surface area contributed by atoms with Gasteiger partial charge in [-0.1, -0.05) is 61.5 Å². The Morgan fingerprint density at radius 3 is 2.53 bits per heavy atom. The first-order valence-corrected chi connectivity index (χ1v) is 6.93. The van der Waals surface area contributed by atoms with Crippen LogP contribution in [0.25, 0.3) is 0 Å². The van der Waals surface area contributed by atoms with Crippen LogP contribution in [0.4, 0.5) is 0 Å². The van der Waals surface area contributed by atoms with Gasteiger partial charge in [-0.3, -0.25) is 4.79 Å². The smallest absolute Gasteiger partial charge is 0.165 e. The van der Waals surface area contributed by atoms with Gasteiger partial charge in [0.05, 0.1) is 0 Å². The van der Waals surface area contributed by atoms with Crippen molar-refractivity contribution in [3.05, 3.63) is 71.3 Å². The fourth-order valence-electron chi connectivity index (χ4n) is 2.99. The molecule has 2 aromatic carbocycles. The van der Waals surface area contributed by atoms with Crippen LogP contribution in [0.5, 0.6) is 0 Å². The molecule has 1 aliphatic rings. The van der Waals surface area contributed by atoms with Crippen molar-refractivity contribution in [1.82, 2.24) is 0 Å². The molecule has 96 valence electrons. The molecule has 0 radical (unpaired) electrons. The Balaban J connectivity index is 1.67. The molecular formula is C18H18O. The van der Waals surface area contributed by atoms with Gasteiger partial charge in [-0.2, -0.15) is 0 Å². The number of benzene rings is 2. The minimum atomic E-state index is 0.0979. The summed E-state index contributed by atoms with van der Waals surface area (Å²) < 4.78 is 0. The zero-order chi connectivity index (χ0) is 13.2. The van der Waals surface area contributed by atoms with Gasteiger partial charge in [-0.15, -0.1) is 0 Å². The quantitative estimate of drug-likeness (QED) is 0.742. The summed E-state index contributed by atoms with van der Waals surface area (Å²) in [6.07, 6.45) is 2.09. The van der Waals surface area contributed by atoms with Crippen LogP contribution in [0.3, 0.4) is 0 Å². The van der Waals surface area contributed by atoms with Crippen LogP contribution >= 0.6 is 0 Å². The van der Waals surface area contributed by atoms with Crippen molar-refractivity contribution in [1.29, 1.82) is 0 Å². The number of hydrogen-bond acceptors (Lipinski definition) is 1. The molecule has 19 heavy (non-hydrogen) atoms. The Kier molecular flexibility index (Phi) is 3.20. The summed E-state index contributed by atoms with van der Waals surface area (Å²) in [5, 5.41) is 0. The summed E-state index contributed by atoms with van der Waals surface area (Å²) in [6, 6.07) is 18.2. The summed E-state index contributed by atoms with van der Waals surface area (Å²) in [5.74, 6) is 0.935. The molecule has 0 amide bonds. The number of rotatable bonds is 4. The summed E-state index contributed by atoms with van der Waals surface area (Å²) in [5.41, 5.74) is 3.73. The van der Waals surface area contributed by atoms with Crippen molar-refractivity contribution in [2.45, 2.75) is 25.7 Å². The van der Waals surface area contributed by atoms with E-state index in [4.69, 9.17) is 0 Å². The molecule has 1 nitrogen and oxygen atoms in total. The van der Waals surface area contributed by atoms with E-state index in [1.165, 1.54) is 11.1 Å². The van der Waals surface area contributed by atoms with E-state index in [0.717, 1.165) is 18.4 Å². The third kappa shape index (κ3) is 2.33. The lowest BCUT2D eigenvalue weighted by molar-refractivity contribution is 0.0917. The molecule has 0 bridgehead atoms. The molecule has 0 saturated heterocycles. The Morgan fingerprint density at radius 1 is 1.11 bits per heavy atom. The third-order valence-electron chi connectivity index (χ3n) is 4.11. The van der Waals surface area contributed by atoms with Crippen LogP contribution < -0.4 is 0 Å². The molecular weight excluding hydrogens is 232 g/mol. The summed E-state index contributed by atoms with van der Waals surface area (Å²) >= 11 is 0. The minimum absolute atomic E-state index is 0.0979. The number of hydrogen-bond donors (Lipinski definition) is 0. The highest BCUT2D eigenvalue weighted by Gasteiger charge is 2.29. The van der Waals surface area contributed by atoms with Crippen molar-refractivity contribution in [3.8, 4) is 0 Å². The van der Waals surface area contributed by atoms with Gasteiger partial charge >= 0.3 is 0 Å². The molecule has 0 aliphatic heterocycles. The first kappa shape index (κ1) is 12.2. The average Bonchev–Trinajstić information content (AvgIpc) is 2.44. The van der Waals surface area contributed by atoms with Crippen LogP contribution in [0.2, 0.25) is 0 Å². The monoisotopic (exact) mass is 250 g/mol. The van der Waals surface area contributed by atoms with Crippen molar-refractivity contribution < 1.29 is 4.79 Å². The number of carbonyl (C=O) groups is 1. The molecule has 3 rings (SSSR count). The highest BCUT2D eigenvalue weighted by atomic mass is 16.1. The highest BCUT2D eigenvalue weighted by Crippen LogP contribution is 2.39. The molecule has 0 spiro atoms. The number of Topliss-reactive ketones (excluding diaryl/α,β-unsaturated/α-hetero) is 1. The zero-order valence-electron chi connectivity index (χ0n) is 11.2. The van der Waals surface area contributed by atoms with E-state index < -0.39 is 0 Å². The molecule has 0 fully saturated rings. The highest BCUT2D eigenvalue weighted by molar-refractivity contribution is 5.97. The fourth-order valence-corrected chi connectivity index (χ4v) is 2.99. The average molecular weight is 250 g/mol. The summed E-state index contributed by atoms with van der Waals surface area (Å²) in [7, 11) is 0. The number of fused-ring (bicyclic) bond motifs is 1. The van der Waals surface area contributed by atoms with Crippen LogP contribution in [-0.2, 0) is 6.42 Å². The van der Waals surface area contributed by atoms with Gasteiger partial charge in [0, 0.05) is 11.5 Å². The van der Waals surface area contributed by atoms with Crippen molar-refractivity contribution >= 4 is 5.78 Å². The van der Waals surface area contributed by atoms with Crippen LogP contribution in [0, 0.1) is 5.92 Å². The maximum absolute atomic E-state index is 12.3. The van der Waals surface area contributed by atoms with Gasteiger partial charge in [0.15, 0.2) is 5.78 Å². The maximum Gasteiger partial charge on any atom is 0.165 e. The first-order chi connectivity index (χ1) is 9.25. The van der Waals surface area contributed by atoms with E-state index in [1.807, 2.05) is 30.3 Å². The maximum atomic E-state index is 12.3. The third-order valence-corrected chi connectivity index (χ3v) is 4.11. The van der Waals surface area contributed by atoms with Crippen LogP contribution in [0.15, 0.2) is 54.6 Å². The predicted molar refractivity (Wildman–Crippen MR) is 77.4 cm³/mol. The first-order valence-electron chi connectivity index (χ1n) is 6.93. The number of carbonyl (C=O) groups excluding carboxylic acids is 1. The van der Waals surface area contributed by atoms with Crippen LogP contribution in [0.1, 0.15) is 40.7 Å². The normalized spacial score (nSPS) is 18.3. The minimum Gasteiger partial charge on any atom is -0.294 e.